The summed E-state index contributed by atoms with van der Waals surface area (Å²) in [4.78, 5) is 2.42. The summed E-state index contributed by atoms with van der Waals surface area (Å²) >= 11 is 3.68. The molecule has 1 aliphatic heterocycles. The van der Waals surface area contributed by atoms with Gasteiger partial charge >= 0.3 is 0 Å². The van der Waals surface area contributed by atoms with Gasteiger partial charge in [-0.1, -0.05) is 88.7 Å². The molecule has 0 aliphatic carbocycles. The lowest BCUT2D eigenvalue weighted by atomic mass is 9.87. The minimum atomic E-state index is -0.0723. The van der Waals surface area contributed by atoms with Crippen molar-refractivity contribution >= 4 is 15.9 Å². The van der Waals surface area contributed by atoms with E-state index < -0.39 is 0 Å². The Bertz CT molecular complexity index is 931. The SMILES string of the molecule is OCC(c1ccccc1-c1ccccc1Br)C1CN(Cc2ccccc2)CCO1. The van der Waals surface area contributed by atoms with Gasteiger partial charge in [-0.15, -0.1) is 0 Å². The van der Waals surface area contributed by atoms with Gasteiger partial charge < -0.3 is 9.84 Å². The van der Waals surface area contributed by atoms with Crippen LogP contribution in [0.5, 0.6) is 0 Å². The zero-order chi connectivity index (χ0) is 20.1. The largest absolute Gasteiger partial charge is 0.396 e. The molecule has 3 aromatic carbocycles. The highest BCUT2D eigenvalue weighted by molar-refractivity contribution is 9.10. The van der Waals surface area contributed by atoms with E-state index in [0.717, 1.165) is 40.8 Å². The van der Waals surface area contributed by atoms with E-state index >= 15 is 0 Å². The minimum Gasteiger partial charge on any atom is -0.396 e. The second kappa shape index (κ2) is 9.68. The fourth-order valence-electron chi connectivity index (χ4n) is 4.12. The standard InChI is InChI=1S/C25H26BrNO2/c26-24-13-7-6-12-22(24)20-10-4-5-11-21(20)23(18-28)25-17-27(14-15-29-25)16-19-8-2-1-3-9-19/h1-13,23,25,28H,14-18H2. The zero-order valence-electron chi connectivity index (χ0n) is 16.4. The predicted molar refractivity (Wildman–Crippen MR) is 121 cm³/mol. The summed E-state index contributed by atoms with van der Waals surface area (Å²) in [5.41, 5.74) is 4.72. The molecule has 1 saturated heterocycles. The molecule has 0 bridgehead atoms. The lowest BCUT2D eigenvalue weighted by Crippen LogP contribution is -2.45. The number of hydrogen-bond acceptors (Lipinski definition) is 3. The van der Waals surface area contributed by atoms with Crippen molar-refractivity contribution in [1.29, 1.82) is 0 Å². The van der Waals surface area contributed by atoms with Crippen LogP contribution >= 0.6 is 15.9 Å². The van der Waals surface area contributed by atoms with Crippen LogP contribution < -0.4 is 0 Å². The van der Waals surface area contributed by atoms with Crippen LogP contribution in [0, 0.1) is 0 Å². The minimum absolute atomic E-state index is 0.0406. The van der Waals surface area contributed by atoms with Crippen LogP contribution in [0.2, 0.25) is 0 Å². The molecule has 0 saturated carbocycles. The summed E-state index contributed by atoms with van der Waals surface area (Å²) in [6, 6.07) is 27.1. The van der Waals surface area contributed by atoms with Gasteiger partial charge in [-0.05, 0) is 28.3 Å². The van der Waals surface area contributed by atoms with Crippen molar-refractivity contribution in [2.45, 2.75) is 18.6 Å². The molecule has 4 heteroatoms. The van der Waals surface area contributed by atoms with Crippen molar-refractivity contribution in [2.24, 2.45) is 0 Å². The Balaban J connectivity index is 1.58. The third kappa shape index (κ3) is 4.78. The highest BCUT2D eigenvalue weighted by Crippen LogP contribution is 2.36. The van der Waals surface area contributed by atoms with Crippen LogP contribution in [0.3, 0.4) is 0 Å². The number of halogens is 1. The van der Waals surface area contributed by atoms with Crippen LogP contribution in [0.25, 0.3) is 11.1 Å². The first-order chi connectivity index (χ1) is 14.3. The van der Waals surface area contributed by atoms with Gasteiger partial charge in [-0.2, -0.15) is 0 Å². The molecule has 29 heavy (non-hydrogen) atoms. The van der Waals surface area contributed by atoms with Crippen molar-refractivity contribution in [3.8, 4) is 11.1 Å². The van der Waals surface area contributed by atoms with Gasteiger partial charge in [0.1, 0.15) is 0 Å². The monoisotopic (exact) mass is 451 g/mol. The number of benzene rings is 3. The van der Waals surface area contributed by atoms with Gasteiger partial charge in [0.05, 0.1) is 19.3 Å². The van der Waals surface area contributed by atoms with Crippen LogP contribution in [-0.4, -0.2) is 42.4 Å². The smallest absolute Gasteiger partial charge is 0.0793 e. The van der Waals surface area contributed by atoms with Crippen molar-refractivity contribution in [3.05, 3.63) is 94.5 Å². The van der Waals surface area contributed by atoms with Gasteiger partial charge in [-0.3, -0.25) is 4.90 Å². The van der Waals surface area contributed by atoms with Crippen LogP contribution in [0.4, 0.5) is 0 Å². The van der Waals surface area contributed by atoms with Crippen molar-refractivity contribution in [1.82, 2.24) is 4.90 Å². The molecular formula is C25H26BrNO2. The molecule has 1 fully saturated rings. The maximum absolute atomic E-state index is 10.3. The van der Waals surface area contributed by atoms with Gasteiger partial charge in [0.2, 0.25) is 0 Å². The molecular weight excluding hydrogens is 426 g/mol. The molecule has 0 spiro atoms. The van der Waals surface area contributed by atoms with Gasteiger partial charge in [0, 0.05) is 30.0 Å². The van der Waals surface area contributed by atoms with Crippen LogP contribution in [0.15, 0.2) is 83.3 Å². The third-order valence-electron chi connectivity index (χ3n) is 5.60. The van der Waals surface area contributed by atoms with E-state index in [1.165, 1.54) is 5.56 Å². The summed E-state index contributed by atoms with van der Waals surface area (Å²) < 4.78 is 7.22. The van der Waals surface area contributed by atoms with E-state index in [2.05, 4.69) is 75.4 Å². The van der Waals surface area contributed by atoms with Crippen LogP contribution in [0.1, 0.15) is 17.0 Å². The molecule has 1 heterocycles. The average Bonchev–Trinajstić information content (AvgIpc) is 2.76. The number of morpholine rings is 1. The Kier molecular flexibility index (Phi) is 6.78. The number of aliphatic hydroxyl groups is 1. The topological polar surface area (TPSA) is 32.7 Å². The van der Waals surface area contributed by atoms with E-state index in [1.54, 1.807) is 0 Å². The molecule has 2 atom stereocenters. The number of ether oxygens (including phenoxy) is 1. The lowest BCUT2D eigenvalue weighted by molar-refractivity contribution is -0.0520. The Morgan fingerprint density at radius 3 is 2.38 bits per heavy atom. The van der Waals surface area contributed by atoms with E-state index in [4.69, 9.17) is 4.74 Å². The van der Waals surface area contributed by atoms with Crippen molar-refractivity contribution in [2.75, 3.05) is 26.3 Å². The van der Waals surface area contributed by atoms with Crippen molar-refractivity contribution < 1.29 is 9.84 Å². The first-order valence-electron chi connectivity index (χ1n) is 10.1. The first-order valence-corrected chi connectivity index (χ1v) is 10.9. The van der Waals surface area contributed by atoms with E-state index in [9.17, 15) is 5.11 Å². The summed E-state index contributed by atoms with van der Waals surface area (Å²) in [6.07, 6.45) is -0.0406. The number of nitrogens with zero attached hydrogens (tertiary/aromatic N) is 1. The molecule has 3 nitrogen and oxygen atoms in total. The van der Waals surface area contributed by atoms with E-state index in [1.807, 2.05) is 24.3 Å². The second-order valence-electron chi connectivity index (χ2n) is 7.49. The highest BCUT2D eigenvalue weighted by atomic mass is 79.9. The van der Waals surface area contributed by atoms with Crippen LogP contribution in [-0.2, 0) is 11.3 Å². The summed E-state index contributed by atoms with van der Waals surface area (Å²) in [5, 5.41) is 10.3. The number of hydrogen-bond donors (Lipinski definition) is 1. The first kappa shape index (κ1) is 20.3. The summed E-state index contributed by atoms with van der Waals surface area (Å²) in [5.74, 6) is -0.0723. The molecule has 150 valence electrons. The quantitative estimate of drug-likeness (QED) is 0.566. The molecule has 2 unspecified atom stereocenters. The average molecular weight is 452 g/mol. The normalized spacial score (nSPS) is 18.5. The summed E-state index contributed by atoms with van der Waals surface area (Å²) in [7, 11) is 0. The lowest BCUT2D eigenvalue weighted by Gasteiger charge is -2.37. The Morgan fingerprint density at radius 2 is 1.62 bits per heavy atom. The van der Waals surface area contributed by atoms with Gasteiger partial charge in [0.15, 0.2) is 0 Å². The molecule has 4 rings (SSSR count). The molecule has 0 amide bonds. The molecule has 3 aromatic rings. The fraction of sp³-hybridized carbons (Fsp3) is 0.280. The maximum Gasteiger partial charge on any atom is 0.0793 e. The van der Waals surface area contributed by atoms with Gasteiger partial charge in [-0.25, -0.2) is 0 Å². The zero-order valence-corrected chi connectivity index (χ0v) is 18.0. The second-order valence-corrected chi connectivity index (χ2v) is 8.34. The van der Waals surface area contributed by atoms with E-state index in [-0.39, 0.29) is 18.6 Å². The van der Waals surface area contributed by atoms with Crippen molar-refractivity contribution in [3.63, 3.8) is 0 Å². The predicted octanol–water partition coefficient (Wildman–Crippen LogP) is 5.09. The third-order valence-corrected chi connectivity index (χ3v) is 6.29. The summed E-state index contributed by atoms with van der Waals surface area (Å²) in [6.45, 7) is 3.38. The fourth-order valence-corrected chi connectivity index (χ4v) is 4.62. The Morgan fingerprint density at radius 1 is 0.931 bits per heavy atom. The Labute approximate surface area is 181 Å². The molecule has 0 aromatic heterocycles. The number of aliphatic hydroxyl groups excluding tert-OH is 1. The van der Waals surface area contributed by atoms with Gasteiger partial charge in [0.25, 0.3) is 0 Å². The molecule has 1 aliphatic rings. The number of rotatable bonds is 6. The molecule has 1 N–H and O–H groups in total. The van der Waals surface area contributed by atoms with E-state index in [0.29, 0.717) is 6.61 Å². The Hall–Kier alpha value is -1.98. The molecule has 0 radical (unpaired) electrons. The maximum atomic E-state index is 10.3. The highest BCUT2D eigenvalue weighted by Gasteiger charge is 2.30.